The Kier molecular flexibility index (Phi) is 23.3. The monoisotopic (exact) mass is 1920 g/mol. The average Bonchev–Trinajstić information content (AvgIpc) is 1.57. The summed E-state index contributed by atoms with van der Waals surface area (Å²) in [6.07, 6.45) is 23.3. The third-order valence-electron chi connectivity index (χ3n) is 30.9. The summed E-state index contributed by atoms with van der Waals surface area (Å²) in [5.74, 6) is 7.12. The van der Waals surface area contributed by atoms with E-state index in [1.807, 2.05) is 39.1 Å². The summed E-state index contributed by atoms with van der Waals surface area (Å²) in [5.41, 5.74) is 44.0. The van der Waals surface area contributed by atoms with Crippen LogP contribution in [0.25, 0.3) is 55.4 Å². The number of carbonyl (C=O) groups is 1. The van der Waals surface area contributed by atoms with E-state index >= 15 is 0 Å². The summed E-state index contributed by atoms with van der Waals surface area (Å²) in [4.78, 5) is 95.9. The number of aromatic nitrogens is 16. The van der Waals surface area contributed by atoms with Gasteiger partial charge in [-0.3, -0.25) is 4.79 Å². The second-order valence-corrected chi connectivity index (χ2v) is 39.7. The Morgan fingerprint density at radius 1 is 0.451 bits per heavy atom. The van der Waals surface area contributed by atoms with E-state index in [1.165, 1.54) is 43.0 Å². The zero-order valence-corrected chi connectivity index (χ0v) is 79.9. The number of nitrogens with one attached hydrogen (secondary N) is 4. The number of hydrogen-bond donors (Lipinski definition) is 8. The number of anilines is 8. The highest BCUT2D eigenvalue weighted by atomic mass is 19.1. The van der Waals surface area contributed by atoms with Crippen molar-refractivity contribution in [2.75, 3.05) is 148 Å². The van der Waals surface area contributed by atoms with Crippen LogP contribution in [0.5, 0.6) is 47.0 Å². The van der Waals surface area contributed by atoms with Crippen LogP contribution in [0.15, 0.2) is 116 Å². The molecule has 35 nitrogen and oxygen atoms in total. The second kappa shape index (κ2) is 36.3. The fraction of sp³-hybridized carbons (Fsp3) is 0.408. The Morgan fingerprint density at radius 2 is 0.845 bits per heavy atom. The van der Waals surface area contributed by atoms with Crippen LogP contribution in [-0.4, -0.2) is 222 Å². The maximum atomic E-state index is 14.6. The van der Waals surface area contributed by atoms with Gasteiger partial charge in [0.1, 0.15) is 76.1 Å². The Hall–Kier alpha value is -14.4. The average molecular weight is 1930 g/mol. The summed E-state index contributed by atoms with van der Waals surface area (Å²) in [6.45, 7) is 15.0. The first-order valence-electron chi connectivity index (χ1n) is 48.7. The van der Waals surface area contributed by atoms with Gasteiger partial charge < -0.3 is 92.4 Å². The predicted octanol–water partition coefficient (Wildman–Crippen LogP) is 12.7. The summed E-state index contributed by atoms with van der Waals surface area (Å²) in [5, 5.41) is 13.4. The minimum Gasteiger partial charge on any atom is -0.424 e. The van der Waals surface area contributed by atoms with Gasteiger partial charge in [0.2, 0.25) is 5.91 Å². The number of rotatable bonds is 20. The molecule has 12 N–H and O–H groups in total. The van der Waals surface area contributed by atoms with Gasteiger partial charge in [0.05, 0.1) is 85.1 Å². The van der Waals surface area contributed by atoms with E-state index in [0.29, 0.717) is 117 Å². The predicted molar refractivity (Wildman–Crippen MR) is 527 cm³/mol. The number of hydrogen-bond acceptors (Lipinski definition) is 34. The van der Waals surface area contributed by atoms with Gasteiger partial charge in [-0.05, 0) is 167 Å². The molecule has 8 aromatic heterocycles. The first kappa shape index (κ1) is 91.4. The van der Waals surface area contributed by atoms with E-state index in [4.69, 9.17) is 86.5 Å². The van der Waals surface area contributed by atoms with E-state index in [9.17, 15) is 22.4 Å². The normalized spacial score (nSPS) is 21.5. The van der Waals surface area contributed by atoms with Crippen LogP contribution < -0.4 is 82.7 Å². The van der Waals surface area contributed by atoms with Crippen molar-refractivity contribution in [2.45, 2.75) is 128 Å². The largest absolute Gasteiger partial charge is 0.424 e. The fourth-order valence-electron chi connectivity index (χ4n) is 23.0. The maximum absolute atomic E-state index is 14.6. The van der Waals surface area contributed by atoms with Gasteiger partial charge in [0, 0.05) is 230 Å². The van der Waals surface area contributed by atoms with Crippen molar-refractivity contribution in [2.24, 2.45) is 56.9 Å². The maximum Gasteiger partial charge on any atom is 0.324 e. The van der Waals surface area contributed by atoms with Gasteiger partial charge in [-0.1, -0.05) is 20.8 Å². The molecule has 26 rings (SSSR count). The molecule has 9 fully saturated rings. The topological polar surface area (TPSA) is 438 Å². The number of amides is 1. The van der Waals surface area contributed by atoms with Crippen molar-refractivity contribution < 1.29 is 46.0 Å². The Morgan fingerprint density at radius 3 is 1.21 bits per heavy atom. The quantitative estimate of drug-likeness (QED) is 0.0329. The molecule has 13 aromatic rings. The van der Waals surface area contributed by atoms with Crippen molar-refractivity contribution in [3.63, 3.8) is 0 Å². The third kappa shape index (κ3) is 16.9. The third-order valence-corrected chi connectivity index (χ3v) is 30.9. The SMILES string of the molecule is CCc1ncc(Oc2nc3c(c(N4CC5C[C@@H](N)C5C4)n2)-c2cc(F)cc(NC)c2C3)cn1.CCc1ncc(Oc2nc3c(c(N4C[C@H](N)C5(CC5)C4)n2)-c2cc(F)cc(NC)c2C3)cn1.CNc1cc(F)cc2c1Cc1nc(Oc3ccc4cncnc4c3)nc(N3CC4[C@H](N)C[C@]4(C)C3)c1-2.CNc1cc(F)cc2c1Cc1nc(Oc3cnc(CC(=O)N4CCOCC4)nc3)nc(N3C[C@H](N)C4(CC4)C3)c1-2. The van der Waals surface area contributed by atoms with E-state index in [0.717, 1.165) is 243 Å². The smallest absolute Gasteiger partial charge is 0.324 e. The van der Waals surface area contributed by atoms with Gasteiger partial charge in [0.25, 0.3) is 0 Å². The number of nitrogens with two attached hydrogens (primary N) is 4. The van der Waals surface area contributed by atoms with Crippen molar-refractivity contribution in [1.29, 1.82) is 0 Å². The van der Waals surface area contributed by atoms with Gasteiger partial charge in [-0.2, -0.15) is 39.9 Å². The van der Waals surface area contributed by atoms with Crippen molar-refractivity contribution in [3.05, 3.63) is 202 Å². The number of aryl methyl sites for hydroxylation is 2. The number of nitrogens with zero attached hydrogens (tertiary/aromatic N) is 21. The lowest BCUT2D eigenvalue weighted by Crippen LogP contribution is -2.53. The first-order chi connectivity index (χ1) is 68.9. The van der Waals surface area contributed by atoms with Gasteiger partial charge in [-0.15, -0.1) is 0 Å². The molecule has 2 spiro atoms. The van der Waals surface area contributed by atoms with Crippen LogP contribution >= 0.6 is 0 Å². The second-order valence-electron chi connectivity index (χ2n) is 39.7. The number of ether oxygens (including phenoxy) is 5. The molecular formula is C103H109F4N29O6. The minimum atomic E-state index is -0.316. The molecule has 13 heterocycles. The molecule has 5 aromatic carbocycles. The van der Waals surface area contributed by atoms with Crippen molar-refractivity contribution in [3.8, 4) is 91.5 Å². The number of morpholine rings is 1. The summed E-state index contributed by atoms with van der Waals surface area (Å²) < 4.78 is 87.7. The molecule has 8 atom stereocenters. The highest BCUT2D eigenvalue weighted by Crippen LogP contribution is 2.59. The van der Waals surface area contributed by atoms with Crippen molar-refractivity contribution in [1.82, 2.24) is 84.6 Å². The molecule has 4 saturated carbocycles. The molecule has 39 heteroatoms. The van der Waals surface area contributed by atoms with Crippen LogP contribution in [0.2, 0.25) is 0 Å². The summed E-state index contributed by atoms with van der Waals surface area (Å²) >= 11 is 0. The van der Waals surface area contributed by atoms with Crippen molar-refractivity contribution >= 4 is 62.8 Å². The van der Waals surface area contributed by atoms with Crippen LogP contribution in [-0.2, 0) is 54.5 Å². The Bertz CT molecular complexity index is 7170. The zero-order chi connectivity index (χ0) is 97.5. The molecule has 1 amide bonds. The zero-order valence-electron chi connectivity index (χ0n) is 79.9. The molecule has 3 unspecified atom stereocenters. The van der Waals surface area contributed by atoms with Crippen LogP contribution in [0.1, 0.15) is 122 Å². The van der Waals surface area contributed by atoms with Crippen LogP contribution in [0.3, 0.4) is 0 Å². The number of carbonyl (C=O) groups excluding carboxylic acids is 1. The molecule has 5 saturated heterocycles. The van der Waals surface area contributed by atoms with E-state index in [1.54, 1.807) is 81.3 Å². The van der Waals surface area contributed by atoms with Crippen LogP contribution in [0, 0.1) is 57.3 Å². The standard InChI is InChI=1S/C28H31FN8O3.C27H26FN7O.2C24H26FN7O/c1-31-20-9-16(29)8-19-18(20)10-21-25(19)26(37-14-22(30)28(15-37)2-3-28)35-27(34-21)40-17-12-32-23(33-13-17)11-24(38)36-4-6-39-7-5-36;1-27-9-20(29)19(27)11-35(12-27)25-24-18-5-15(28)6-22(30-2)17(18)8-23(24)33-26(34-25)36-16-4-3-14-10-31-13-32-21(14)7-16;1-3-21-28-8-14(9-29-21)33-24-30-20-7-15-16(5-13(25)6-19(15)27-2)22(20)23(31-24)32-10-12-4-18(26)17(12)11-32;1-3-20-28-9-14(10-29-20)33-23-30-18-8-15-16(6-13(25)7-17(15)27-2)21(18)22(31-23)32-11-19(26)24(12-32)4-5-24/h8-9,12-13,22,31H,2-7,10-11,14-15,30H2,1H3;3-7,10,13,19-20,30H,8-9,11-12,29H2,1-2H3;5-6,8-9,12,17-18,27H,3-4,7,10-11,26H2,1-2H3;6-7,9-10,19,27H,3-5,8,11-12,26H2,1-2H3/t22-;19?,20-,27-;12?,17?,18-;19-/m0110/s1. The highest BCUT2D eigenvalue weighted by molar-refractivity contribution is 5.93. The molecule has 13 aliphatic rings. The lowest BCUT2D eigenvalue weighted by molar-refractivity contribution is -0.134. The lowest BCUT2D eigenvalue weighted by atomic mass is 9.60. The highest BCUT2D eigenvalue weighted by Gasteiger charge is 2.58. The molecule has 730 valence electrons. The number of benzene rings is 5. The van der Waals surface area contributed by atoms with Gasteiger partial charge >= 0.3 is 24.0 Å². The molecule has 0 radical (unpaired) electrons. The lowest BCUT2D eigenvalue weighted by Gasteiger charge is -2.46. The molecule has 8 aliphatic carbocycles. The Balaban J connectivity index is 0.000000106. The molecule has 142 heavy (non-hydrogen) atoms. The van der Waals surface area contributed by atoms with E-state index < -0.39 is 0 Å². The van der Waals surface area contributed by atoms with Gasteiger partial charge in [0.15, 0.2) is 17.2 Å². The molecule has 0 bridgehead atoms. The fourth-order valence-corrected chi connectivity index (χ4v) is 23.0. The van der Waals surface area contributed by atoms with Gasteiger partial charge in [-0.25, -0.2) is 57.4 Å². The van der Waals surface area contributed by atoms with Crippen LogP contribution in [0.4, 0.5) is 63.6 Å². The summed E-state index contributed by atoms with van der Waals surface area (Å²) in [6, 6.07) is 19.5. The minimum absolute atomic E-state index is 0.0298. The summed E-state index contributed by atoms with van der Waals surface area (Å²) in [7, 11) is 7.20. The van der Waals surface area contributed by atoms with E-state index in [-0.39, 0.29) is 100 Å². The number of fused-ring (bicyclic) bond motifs is 15. The molecular weight excluding hydrogens is 1820 g/mol. The molecule has 5 aliphatic heterocycles. The number of halogens is 4. The van der Waals surface area contributed by atoms with E-state index in [2.05, 4.69) is 87.7 Å². The first-order valence-corrected chi connectivity index (χ1v) is 48.7. The Labute approximate surface area is 816 Å².